The van der Waals surface area contributed by atoms with E-state index in [2.05, 4.69) is 15.3 Å². The number of fused-ring (bicyclic) bond motifs is 1. The Morgan fingerprint density at radius 1 is 1.00 bits per heavy atom. The first kappa shape index (κ1) is 14.4. The van der Waals surface area contributed by atoms with Crippen LogP contribution in [-0.2, 0) is 0 Å². The molecule has 1 heterocycles. The average Bonchev–Trinajstić information content (AvgIpc) is 2.56. The number of hydrogen-bond donors (Lipinski definition) is 1. The average molecular weight is 316 g/mol. The molecular weight excluding hydrogens is 302 g/mol. The van der Waals surface area contributed by atoms with Crippen molar-refractivity contribution in [2.45, 2.75) is 0 Å². The lowest BCUT2D eigenvalue weighted by Crippen LogP contribution is -1.98. The van der Waals surface area contributed by atoms with E-state index >= 15 is 0 Å². The van der Waals surface area contributed by atoms with Gasteiger partial charge in [-0.15, -0.1) is 0 Å². The zero-order valence-corrected chi connectivity index (χ0v) is 12.9. The summed E-state index contributed by atoms with van der Waals surface area (Å²) in [6, 6.07) is 11.1. The third-order valence-corrected chi connectivity index (χ3v) is 3.60. The molecule has 0 aliphatic carbocycles. The van der Waals surface area contributed by atoms with Gasteiger partial charge in [0.25, 0.3) is 0 Å². The zero-order valence-electron chi connectivity index (χ0n) is 12.1. The molecule has 0 amide bonds. The first-order chi connectivity index (χ1) is 10.7. The summed E-state index contributed by atoms with van der Waals surface area (Å²) < 4.78 is 10.6. The SMILES string of the molecule is COc1cc2ncnc(Nc3ccccc3Cl)c2cc1OC. The Kier molecular flexibility index (Phi) is 3.98. The Morgan fingerprint density at radius 2 is 1.73 bits per heavy atom. The predicted molar refractivity (Wildman–Crippen MR) is 87.4 cm³/mol. The van der Waals surface area contributed by atoms with E-state index in [-0.39, 0.29) is 0 Å². The van der Waals surface area contributed by atoms with Gasteiger partial charge in [0.15, 0.2) is 11.5 Å². The minimum absolute atomic E-state index is 0.618. The normalized spacial score (nSPS) is 10.5. The van der Waals surface area contributed by atoms with Gasteiger partial charge in [-0.25, -0.2) is 9.97 Å². The van der Waals surface area contributed by atoms with Crippen molar-refractivity contribution in [3.8, 4) is 11.5 Å². The molecule has 0 unspecified atom stereocenters. The van der Waals surface area contributed by atoms with Crippen LogP contribution in [0.1, 0.15) is 0 Å². The molecule has 3 aromatic rings. The molecule has 3 rings (SSSR count). The smallest absolute Gasteiger partial charge is 0.162 e. The van der Waals surface area contributed by atoms with Gasteiger partial charge in [0.1, 0.15) is 12.1 Å². The molecule has 0 saturated carbocycles. The lowest BCUT2D eigenvalue weighted by Gasteiger charge is -2.12. The fourth-order valence-electron chi connectivity index (χ4n) is 2.17. The summed E-state index contributed by atoms with van der Waals surface area (Å²) in [6.07, 6.45) is 1.49. The standard InChI is InChI=1S/C16H14ClN3O2/c1-21-14-7-10-13(8-15(14)22-2)18-9-19-16(10)20-12-6-4-3-5-11(12)17/h3-9H,1-2H3,(H,18,19,20). The molecule has 0 fully saturated rings. The number of para-hydroxylation sites is 1. The van der Waals surface area contributed by atoms with Gasteiger partial charge in [-0.2, -0.15) is 0 Å². The topological polar surface area (TPSA) is 56.3 Å². The van der Waals surface area contributed by atoms with E-state index in [1.807, 2.05) is 36.4 Å². The first-order valence-corrected chi connectivity index (χ1v) is 6.99. The van der Waals surface area contributed by atoms with E-state index in [9.17, 15) is 0 Å². The van der Waals surface area contributed by atoms with Crippen molar-refractivity contribution in [1.82, 2.24) is 9.97 Å². The second-order valence-electron chi connectivity index (χ2n) is 4.55. The van der Waals surface area contributed by atoms with Gasteiger partial charge in [0, 0.05) is 11.5 Å². The molecule has 6 heteroatoms. The molecule has 0 atom stereocenters. The van der Waals surface area contributed by atoms with Crippen LogP contribution < -0.4 is 14.8 Å². The Hall–Kier alpha value is -2.53. The van der Waals surface area contributed by atoms with Gasteiger partial charge >= 0.3 is 0 Å². The highest BCUT2D eigenvalue weighted by atomic mass is 35.5. The monoisotopic (exact) mass is 315 g/mol. The molecule has 1 N–H and O–H groups in total. The van der Waals surface area contributed by atoms with Crippen molar-refractivity contribution in [1.29, 1.82) is 0 Å². The molecule has 5 nitrogen and oxygen atoms in total. The maximum atomic E-state index is 6.18. The number of halogens is 1. The van der Waals surface area contributed by atoms with Crippen molar-refractivity contribution in [3.63, 3.8) is 0 Å². The molecular formula is C16H14ClN3O2. The van der Waals surface area contributed by atoms with Crippen LogP contribution >= 0.6 is 11.6 Å². The van der Waals surface area contributed by atoms with Crippen LogP contribution in [0.4, 0.5) is 11.5 Å². The molecule has 0 spiro atoms. The second kappa shape index (κ2) is 6.07. The van der Waals surface area contributed by atoms with Gasteiger partial charge in [0.05, 0.1) is 30.4 Å². The van der Waals surface area contributed by atoms with Crippen molar-refractivity contribution < 1.29 is 9.47 Å². The van der Waals surface area contributed by atoms with Crippen LogP contribution in [0.3, 0.4) is 0 Å². The van der Waals surface area contributed by atoms with Gasteiger partial charge in [-0.3, -0.25) is 0 Å². The third kappa shape index (κ3) is 2.63. The van der Waals surface area contributed by atoms with Crippen LogP contribution in [0.2, 0.25) is 5.02 Å². The maximum Gasteiger partial charge on any atom is 0.162 e. The van der Waals surface area contributed by atoms with Crippen LogP contribution in [0.5, 0.6) is 11.5 Å². The number of benzene rings is 2. The fourth-order valence-corrected chi connectivity index (χ4v) is 2.36. The van der Waals surface area contributed by atoms with Gasteiger partial charge in [-0.05, 0) is 18.2 Å². The van der Waals surface area contributed by atoms with E-state index < -0.39 is 0 Å². The first-order valence-electron chi connectivity index (χ1n) is 6.61. The number of aromatic nitrogens is 2. The van der Waals surface area contributed by atoms with E-state index in [1.54, 1.807) is 14.2 Å². The lowest BCUT2D eigenvalue weighted by molar-refractivity contribution is 0.356. The minimum atomic E-state index is 0.618. The summed E-state index contributed by atoms with van der Waals surface area (Å²) >= 11 is 6.18. The molecule has 0 aliphatic heterocycles. The molecule has 0 aliphatic rings. The Balaban J connectivity index is 2.12. The number of methoxy groups -OCH3 is 2. The molecule has 0 bridgehead atoms. The second-order valence-corrected chi connectivity index (χ2v) is 4.96. The summed E-state index contributed by atoms with van der Waals surface area (Å²) in [5.74, 6) is 1.89. The Morgan fingerprint density at radius 3 is 2.45 bits per heavy atom. The number of rotatable bonds is 4. The van der Waals surface area contributed by atoms with Crippen LogP contribution in [0.15, 0.2) is 42.7 Å². The lowest BCUT2D eigenvalue weighted by atomic mass is 10.2. The molecule has 1 aromatic heterocycles. The number of anilines is 2. The molecule has 112 valence electrons. The number of nitrogens with one attached hydrogen (secondary N) is 1. The van der Waals surface area contributed by atoms with Crippen molar-refractivity contribution in [3.05, 3.63) is 47.7 Å². The molecule has 0 radical (unpaired) electrons. The van der Waals surface area contributed by atoms with Crippen molar-refractivity contribution >= 4 is 34.0 Å². The quantitative estimate of drug-likeness (QED) is 0.787. The van der Waals surface area contributed by atoms with Crippen molar-refractivity contribution in [2.24, 2.45) is 0 Å². The summed E-state index contributed by atoms with van der Waals surface area (Å²) in [4.78, 5) is 8.57. The Labute approximate surface area is 132 Å². The number of hydrogen-bond acceptors (Lipinski definition) is 5. The molecule has 0 saturated heterocycles. The summed E-state index contributed by atoms with van der Waals surface area (Å²) in [5.41, 5.74) is 1.53. The van der Waals surface area contributed by atoms with Crippen LogP contribution in [0.25, 0.3) is 10.9 Å². The highest BCUT2D eigenvalue weighted by Gasteiger charge is 2.11. The maximum absolute atomic E-state index is 6.18. The number of ether oxygens (including phenoxy) is 2. The van der Waals surface area contributed by atoms with Crippen LogP contribution in [0, 0.1) is 0 Å². The predicted octanol–water partition coefficient (Wildman–Crippen LogP) is 4.04. The van der Waals surface area contributed by atoms with Gasteiger partial charge in [-0.1, -0.05) is 23.7 Å². The van der Waals surface area contributed by atoms with E-state index in [1.165, 1.54) is 6.33 Å². The summed E-state index contributed by atoms with van der Waals surface area (Å²) in [6.45, 7) is 0. The number of nitrogens with zero attached hydrogens (tertiary/aromatic N) is 2. The zero-order chi connectivity index (χ0) is 15.5. The van der Waals surface area contributed by atoms with E-state index in [0.717, 1.165) is 16.6 Å². The van der Waals surface area contributed by atoms with Crippen LogP contribution in [-0.4, -0.2) is 24.2 Å². The fraction of sp³-hybridized carbons (Fsp3) is 0.125. The van der Waals surface area contributed by atoms with E-state index in [4.69, 9.17) is 21.1 Å². The molecule has 2 aromatic carbocycles. The highest BCUT2D eigenvalue weighted by Crippen LogP contribution is 2.35. The van der Waals surface area contributed by atoms with E-state index in [0.29, 0.717) is 22.3 Å². The van der Waals surface area contributed by atoms with Gasteiger partial charge in [0.2, 0.25) is 0 Å². The largest absolute Gasteiger partial charge is 0.493 e. The van der Waals surface area contributed by atoms with Gasteiger partial charge < -0.3 is 14.8 Å². The minimum Gasteiger partial charge on any atom is -0.493 e. The summed E-state index contributed by atoms with van der Waals surface area (Å²) in [7, 11) is 3.18. The third-order valence-electron chi connectivity index (χ3n) is 3.27. The molecule has 22 heavy (non-hydrogen) atoms. The summed E-state index contributed by atoms with van der Waals surface area (Å²) in [5, 5.41) is 4.66. The Bertz CT molecular complexity index is 824. The van der Waals surface area contributed by atoms with Crippen molar-refractivity contribution in [2.75, 3.05) is 19.5 Å². The highest BCUT2D eigenvalue weighted by molar-refractivity contribution is 6.33.